The van der Waals surface area contributed by atoms with Gasteiger partial charge in [0.15, 0.2) is 0 Å². The van der Waals surface area contributed by atoms with E-state index < -0.39 is 0 Å². The Balaban J connectivity index is 2.26. The SMILES string of the molecule is CCN(CCC(C)(CO)NC)CC1CCC1. The van der Waals surface area contributed by atoms with Gasteiger partial charge in [-0.25, -0.2) is 0 Å². The smallest absolute Gasteiger partial charge is 0.0610 e. The van der Waals surface area contributed by atoms with Crippen molar-refractivity contribution in [3.05, 3.63) is 0 Å². The molecule has 0 saturated heterocycles. The molecular formula is C13H28N2O. The van der Waals surface area contributed by atoms with Gasteiger partial charge in [-0.3, -0.25) is 0 Å². The largest absolute Gasteiger partial charge is 0.394 e. The summed E-state index contributed by atoms with van der Waals surface area (Å²) >= 11 is 0. The first-order chi connectivity index (χ1) is 7.63. The summed E-state index contributed by atoms with van der Waals surface area (Å²) in [7, 11) is 1.93. The molecule has 0 aromatic carbocycles. The summed E-state index contributed by atoms with van der Waals surface area (Å²) in [5.74, 6) is 0.940. The van der Waals surface area contributed by atoms with Crippen LogP contribution in [0.5, 0.6) is 0 Å². The summed E-state index contributed by atoms with van der Waals surface area (Å²) in [6, 6.07) is 0. The average molecular weight is 228 g/mol. The van der Waals surface area contributed by atoms with Crippen molar-refractivity contribution in [2.45, 2.75) is 45.1 Å². The van der Waals surface area contributed by atoms with E-state index >= 15 is 0 Å². The van der Waals surface area contributed by atoms with E-state index in [4.69, 9.17) is 0 Å². The number of hydrogen-bond donors (Lipinski definition) is 2. The molecule has 0 radical (unpaired) electrons. The highest BCUT2D eigenvalue weighted by atomic mass is 16.3. The summed E-state index contributed by atoms with van der Waals surface area (Å²) in [6.45, 7) is 8.00. The highest BCUT2D eigenvalue weighted by Crippen LogP contribution is 2.27. The van der Waals surface area contributed by atoms with Gasteiger partial charge in [0.2, 0.25) is 0 Å². The van der Waals surface area contributed by atoms with Crippen LogP contribution in [0.4, 0.5) is 0 Å². The Labute approximate surface area is 100 Å². The van der Waals surface area contributed by atoms with E-state index in [0.29, 0.717) is 0 Å². The van der Waals surface area contributed by atoms with Gasteiger partial charge < -0.3 is 15.3 Å². The van der Waals surface area contributed by atoms with Gasteiger partial charge in [-0.2, -0.15) is 0 Å². The van der Waals surface area contributed by atoms with Gasteiger partial charge in [0.1, 0.15) is 0 Å². The maximum atomic E-state index is 9.33. The molecule has 0 bridgehead atoms. The van der Waals surface area contributed by atoms with Crippen molar-refractivity contribution in [2.75, 3.05) is 33.3 Å². The highest BCUT2D eigenvalue weighted by molar-refractivity contribution is 4.82. The summed E-state index contributed by atoms with van der Waals surface area (Å²) in [5, 5.41) is 12.5. The van der Waals surface area contributed by atoms with E-state index in [-0.39, 0.29) is 12.1 Å². The molecule has 1 atom stereocenters. The van der Waals surface area contributed by atoms with Crippen LogP contribution >= 0.6 is 0 Å². The van der Waals surface area contributed by atoms with Crippen molar-refractivity contribution in [1.29, 1.82) is 0 Å². The zero-order valence-corrected chi connectivity index (χ0v) is 11.1. The van der Waals surface area contributed by atoms with Crippen LogP contribution in [0.15, 0.2) is 0 Å². The van der Waals surface area contributed by atoms with Gasteiger partial charge in [0.05, 0.1) is 6.61 Å². The number of nitrogens with one attached hydrogen (secondary N) is 1. The fraction of sp³-hybridized carbons (Fsp3) is 1.00. The molecule has 0 spiro atoms. The Morgan fingerprint density at radius 3 is 2.50 bits per heavy atom. The monoisotopic (exact) mass is 228 g/mol. The van der Waals surface area contributed by atoms with Gasteiger partial charge in [-0.1, -0.05) is 13.3 Å². The van der Waals surface area contributed by atoms with Crippen LogP contribution in [0.1, 0.15) is 39.5 Å². The van der Waals surface area contributed by atoms with Gasteiger partial charge in [-0.15, -0.1) is 0 Å². The summed E-state index contributed by atoms with van der Waals surface area (Å²) in [6.07, 6.45) is 5.27. The van der Waals surface area contributed by atoms with Crippen molar-refractivity contribution in [3.63, 3.8) is 0 Å². The Morgan fingerprint density at radius 1 is 1.44 bits per heavy atom. The van der Waals surface area contributed by atoms with Crippen LogP contribution in [0.3, 0.4) is 0 Å². The van der Waals surface area contributed by atoms with E-state index in [1.165, 1.54) is 25.8 Å². The lowest BCUT2D eigenvalue weighted by atomic mass is 9.85. The molecule has 16 heavy (non-hydrogen) atoms. The fourth-order valence-corrected chi connectivity index (χ4v) is 2.11. The van der Waals surface area contributed by atoms with Crippen molar-refractivity contribution >= 4 is 0 Å². The van der Waals surface area contributed by atoms with Crippen molar-refractivity contribution in [2.24, 2.45) is 5.92 Å². The number of aliphatic hydroxyl groups is 1. The van der Waals surface area contributed by atoms with Gasteiger partial charge >= 0.3 is 0 Å². The Hall–Kier alpha value is -0.120. The number of rotatable bonds is 8. The molecule has 3 heteroatoms. The molecule has 2 N–H and O–H groups in total. The second-order valence-corrected chi connectivity index (χ2v) is 5.41. The molecule has 3 nitrogen and oxygen atoms in total. The topological polar surface area (TPSA) is 35.5 Å². The molecule has 1 rings (SSSR count). The van der Waals surface area contributed by atoms with E-state index in [0.717, 1.165) is 25.4 Å². The standard InChI is InChI=1S/C13H28N2O/c1-4-15(10-12-6-5-7-12)9-8-13(2,11-16)14-3/h12,14,16H,4-11H2,1-3H3. The number of aliphatic hydroxyl groups excluding tert-OH is 1. The summed E-state index contributed by atoms with van der Waals surface area (Å²) in [4.78, 5) is 2.52. The first kappa shape index (κ1) is 13.9. The van der Waals surface area contributed by atoms with Crippen LogP contribution in [0.2, 0.25) is 0 Å². The third kappa shape index (κ3) is 4.04. The second kappa shape index (κ2) is 6.58. The van der Waals surface area contributed by atoms with Crippen molar-refractivity contribution < 1.29 is 5.11 Å². The molecule has 0 aromatic heterocycles. The fourth-order valence-electron chi connectivity index (χ4n) is 2.11. The number of hydrogen-bond acceptors (Lipinski definition) is 3. The lowest BCUT2D eigenvalue weighted by Crippen LogP contribution is -2.46. The molecule has 0 amide bonds. The zero-order valence-electron chi connectivity index (χ0n) is 11.1. The van der Waals surface area contributed by atoms with Crippen LogP contribution in [0.25, 0.3) is 0 Å². The highest BCUT2D eigenvalue weighted by Gasteiger charge is 2.24. The average Bonchev–Trinajstić information content (AvgIpc) is 2.26. The Morgan fingerprint density at radius 2 is 2.12 bits per heavy atom. The normalized spacial score (nSPS) is 20.8. The Bertz CT molecular complexity index is 188. The quantitative estimate of drug-likeness (QED) is 0.660. The number of nitrogens with zero attached hydrogens (tertiary/aromatic N) is 1. The molecule has 1 saturated carbocycles. The third-order valence-electron chi connectivity index (χ3n) is 4.12. The predicted octanol–water partition coefficient (Wildman–Crippen LogP) is 1.47. The molecule has 0 aliphatic heterocycles. The predicted molar refractivity (Wildman–Crippen MR) is 68.6 cm³/mol. The van der Waals surface area contributed by atoms with Gasteiger partial charge in [-0.05, 0) is 52.2 Å². The lowest BCUT2D eigenvalue weighted by molar-refractivity contribution is 0.135. The first-order valence-electron chi connectivity index (χ1n) is 6.65. The minimum absolute atomic E-state index is 0.118. The van der Waals surface area contributed by atoms with E-state index in [9.17, 15) is 5.11 Å². The molecule has 1 unspecified atom stereocenters. The van der Waals surface area contributed by atoms with Crippen LogP contribution < -0.4 is 5.32 Å². The maximum absolute atomic E-state index is 9.33. The maximum Gasteiger partial charge on any atom is 0.0610 e. The molecule has 0 heterocycles. The van der Waals surface area contributed by atoms with E-state index in [1.807, 2.05) is 7.05 Å². The summed E-state index contributed by atoms with van der Waals surface area (Å²) < 4.78 is 0. The van der Waals surface area contributed by atoms with Crippen molar-refractivity contribution in [1.82, 2.24) is 10.2 Å². The Kier molecular flexibility index (Phi) is 5.73. The van der Waals surface area contributed by atoms with Crippen molar-refractivity contribution in [3.8, 4) is 0 Å². The van der Waals surface area contributed by atoms with Gasteiger partial charge in [0, 0.05) is 12.1 Å². The molecule has 1 aliphatic carbocycles. The van der Waals surface area contributed by atoms with E-state index in [1.54, 1.807) is 0 Å². The minimum Gasteiger partial charge on any atom is -0.394 e. The molecule has 96 valence electrons. The number of likely N-dealkylation sites (N-methyl/N-ethyl adjacent to an activating group) is 1. The molecule has 1 fully saturated rings. The zero-order chi connectivity index (χ0) is 12.0. The van der Waals surface area contributed by atoms with Crippen LogP contribution in [-0.4, -0.2) is 48.8 Å². The van der Waals surface area contributed by atoms with Gasteiger partial charge in [0.25, 0.3) is 0 Å². The first-order valence-corrected chi connectivity index (χ1v) is 6.65. The molecular weight excluding hydrogens is 200 g/mol. The minimum atomic E-state index is -0.118. The molecule has 0 aromatic rings. The summed E-state index contributed by atoms with van der Waals surface area (Å²) in [5.41, 5.74) is -0.118. The van der Waals surface area contributed by atoms with E-state index in [2.05, 4.69) is 24.1 Å². The van der Waals surface area contributed by atoms with Crippen LogP contribution in [-0.2, 0) is 0 Å². The molecule has 1 aliphatic rings. The lowest BCUT2D eigenvalue weighted by Gasteiger charge is -2.34. The third-order valence-corrected chi connectivity index (χ3v) is 4.12. The van der Waals surface area contributed by atoms with Crippen LogP contribution in [0, 0.1) is 5.92 Å². The second-order valence-electron chi connectivity index (χ2n) is 5.41.